The average Bonchev–Trinajstić information content (AvgIpc) is 2.89. The van der Waals surface area contributed by atoms with Gasteiger partial charge >= 0.3 is 0 Å². The standard InChI is InChI=1S/C14H20N2O3S/c1-11-15-12(10-20-11)2-3-14(18)16-6-4-13(5-7-16)19-9-8-17/h2-3,10,13,17H,4-9H2,1H3/b3-2+. The quantitative estimate of drug-likeness (QED) is 0.836. The van der Waals surface area contributed by atoms with E-state index in [9.17, 15) is 4.79 Å². The molecule has 1 saturated heterocycles. The number of likely N-dealkylation sites (tertiary alicyclic amines) is 1. The van der Waals surface area contributed by atoms with Gasteiger partial charge in [0.25, 0.3) is 0 Å². The van der Waals surface area contributed by atoms with Crippen molar-refractivity contribution >= 4 is 23.3 Å². The van der Waals surface area contributed by atoms with E-state index >= 15 is 0 Å². The molecular formula is C14H20N2O3S. The second-order valence-electron chi connectivity index (χ2n) is 4.74. The normalized spacial score (nSPS) is 17.0. The lowest BCUT2D eigenvalue weighted by atomic mass is 10.1. The zero-order valence-electron chi connectivity index (χ0n) is 11.6. The minimum absolute atomic E-state index is 0.0243. The molecule has 1 fully saturated rings. The highest BCUT2D eigenvalue weighted by molar-refractivity contribution is 7.09. The molecule has 0 bridgehead atoms. The van der Waals surface area contributed by atoms with E-state index in [0.717, 1.165) is 23.5 Å². The Bertz CT molecular complexity index is 465. The fraction of sp³-hybridized carbons (Fsp3) is 0.571. The second-order valence-corrected chi connectivity index (χ2v) is 5.81. The number of aliphatic hydroxyl groups excluding tert-OH is 1. The molecule has 1 aromatic rings. The van der Waals surface area contributed by atoms with Crippen LogP contribution in [0.25, 0.3) is 6.08 Å². The summed E-state index contributed by atoms with van der Waals surface area (Å²) >= 11 is 1.58. The summed E-state index contributed by atoms with van der Waals surface area (Å²) in [6, 6.07) is 0. The first-order valence-corrected chi connectivity index (χ1v) is 7.68. The predicted octanol–water partition coefficient (Wildman–Crippen LogP) is 1.46. The number of thiazole rings is 1. The molecule has 6 heteroatoms. The van der Waals surface area contributed by atoms with Gasteiger partial charge in [-0.15, -0.1) is 11.3 Å². The van der Waals surface area contributed by atoms with E-state index < -0.39 is 0 Å². The number of carbonyl (C=O) groups is 1. The second kappa shape index (κ2) is 7.52. The number of rotatable bonds is 5. The number of carbonyl (C=O) groups excluding carboxylic acids is 1. The number of ether oxygens (including phenoxy) is 1. The Morgan fingerprint density at radius 3 is 2.95 bits per heavy atom. The molecule has 0 atom stereocenters. The van der Waals surface area contributed by atoms with Crippen LogP contribution in [0.5, 0.6) is 0 Å². The molecule has 0 saturated carbocycles. The van der Waals surface area contributed by atoms with E-state index in [1.165, 1.54) is 0 Å². The summed E-state index contributed by atoms with van der Waals surface area (Å²) in [5, 5.41) is 11.7. The fourth-order valence-electron chi connectivity index (χ4n) is 2.18. The number of aryl methyl sites for hydroxylation is 1. The molecule has 1 N–H and O–H groups in total. The summed E-state index contributed by atoms with van der Waals surface area (Å²) in [5.74, 6) is 0.0243. The molecule has 20 heavy (non-hydrogen) atoms. The van der Waals surface area contributed by atoms with E-state index in [-0.39, 0.29) is 18.6 Å². The van der Waals surface area contributed by atoms with Crippen LogP contribution in [0.1, 0.15) is 23.5 Å². The maximum absolute atomic E-state index is 12.0. The van der Waals surface area contributed by atoms with Gasteiger partial charge in [-0.2, -0.15) is 0 Å². The lowest BCUT2D eigenvalue weighted by molar-refractivity contribution is -0.128. The van der Waals surface area contributed by atoms with Crippen molar-refractivity contribution in [2.45, 2.75) is 25.9 Å². The monoisotopic (exact) mass is 296 g/mol. The van der Waals surface area contributed by atoms with Crippen molar-refractivity contribution in [3.63, 3.8) is 0 Å². The maximum atomic E-state index is 12.0. The van der Waals surface area contributed by atoms with Gasteiger partial charge in [0.05, 0.1) is 30.0 Å². The molecular weight excluding hydrogens is 276 g/mol. The van der Waals surface area contributed by atoms with Crippen LogP contribution in [-0.2, 0) is 9.53 Å². The van der Waals surface area contributed by atoms with Gasteiger partial charge in [0, 0.05) is 24.5 Å². The molecule has 2 heterocycles. The van der Waals surface area contributed by atoms with E-state index in [2.05, 4.69) is 4.98 Å². The van der Waals surface area contributed by atoms with Crippen molar-refractivity contribution < 1.29 is 14.6 Å². The Labute approximate surface area is 122 Å². The summed E-state index contributed by atoms with van der Waals surface area (Å²) in [6.07, 6.45) is 5.17. The van der Waals surface area contributed by atoms with Crippen LogP contribution < -0.4 is 0 Å². The minimum atomic E-state index is 0.0243. The number of amides is 1. The third kappa shape index (κ3) is 4.40. The fourth-order valence-corrected chi connectivity index (χ4v) is 2.76. The molecule has 0 unspecified atom stereocenters. The lowest BCUT2D eigenvalue weighted by Crippen LogP contribution is -2.40. The molecule has 1 aliphatic rings. The van der Waals surface area contributed by atoms with E-state index in [1.54, 1.807) is 23.5 Å². The first-order valence-electron chi connectivity index (χ1n) is 6.80. The Kier molecular flexibility index (Phi) is 5.70. The summed E-state index contributed by atoms with van der Waals surface area (Å²) in [4.78, 5) is 18.2. The van der Waals surface area contributed by atoms with Crippen LogP contribution in [0.3, 0.4) is 0 Å². The largest absolute Gasteiger partial charge is 0.394 e. The van der Waals surface area contributed by atoms with Crippen molar-refractivity contribution in [1.82, 2.24) is 9.88 Å². The van der Waals surface area contributed by atoms with Gasteiger partial charge in [-0.25, -0.2) is 4.98 Å². The Morgan fingerprint density at radius 1 is 1.60 bits per heavy atom. The molecule has 5 nitrogen and oxygen atoms in total. The van der Waals surface area contributed by atoms with Crippen molar-refractivity contribution in [2.24, 2.45) is 0 Å². The summed E-state index contributed by atoms with van der Waals surface area (Å²) in [6.45, 7) is 3.78. The van der Waals surface area contributed by atoms with E-state index in [0.29, 0.717) is 19.7 Å². The number of aromatic nitrogens is 1. The Hall–Kier alpha value is -1.24. The highest BCUT2D eigenvalue weighted by Gasteiger charge is 2.21. The molecule has 0 radical (unpaired) electrons. The van der Waals surface area contributed by atoms with Gasteiger partial charge in [0.2, 0.25) is 5.91 Å². The molecule has 0 aliphatic carbocycles. The van der Waals surface area contributed by atoms with Crippen LogP contribution in [0, 0.1) is 6.92 Å². The SMILES string of the molecule is Cc1nc(/C=C/C(=O)N2CCC(OCCO)CC2)cs1. The summed E-state index contributed by atoms with van der Waals surface area (Å²) < 4.78 is 5.48. The molecule has 1 aliphatic heterocycles. The third-order valence-corrected chi connectivity index (χ3v) is 4.02. The van der Waals surface area contributed by atoms with Gasteiger partial charge in [-0.05, 0) is 25.8 Å². The zero-order chi connectivity index (χ0) is 14.4. The third-order valence-electron chi connectivity index (χ3n) is 3.23. The topological polar surface area (TPSA) is 62.7 Å². The van der Waals surface area contributed by atoms with Gasteiger partial charge in [-0.3, -0.25) is 4.79 Å². The molecule has 0 spiro atoms. The number of hydrogen-bond acceptors (Lipinski definition) is 5. The maximum Gasteiger partial charge on any atom is 0.246 e. The number of piperidine rings is 1. The predicted molar refractivity (Wildman–Crippen MR) is 78.5 cm³/mol. The van der Waals surface area contributed by atoms with Crippen molar-refractivity contribution in [1.29, 1.82) is 0 Å². The minimum Gasteiger partial charge on any atom is -0.394 e. The molecule has 1 amide bonds. The highest BCUT2D eigenvalue weighted by Crippen LogP contribution is 2.15. The zero-order valence-corrected chi connectivity index (χ0v) is 12.4. The highest BCUT2D eigenvalue weighted by atomic mass is 32.1. The van der Waals surface area contributed by atoms with Gasteiger partial charge in [0.15, 0.2) is 0 Å². The van der Waals surface area contributed by atoms with Crippen molar-refractivity contribution in [3.8, 4) is 0 Å². The number of aliphatic hydroxyl groups is 1. The lowest BCUT2D eigenvalue weighted by Gasteiger charge is -2.31. The van der Waals surface area contributed by atoms with E-state index in [1.807, 2.05) is 17.2 Å². The van der Waals surface area contributed by atoms with Crippen LogP contribution in [0.4, 0.5) is 0 Å². The van der Waals surface area contributed by atoms with Crippen LogP contribution >= 0.6 is 11.3 Å². The van der Waals surface area contributed by atoms with Gasteiger partial charge in [-0.1, -0.05) is 0 Å². The van der Waals surface area contributed by atoms with E-state index in [4.69, 9.17) is 9.84 Å². The molecule has 1 aromatic heterocycles. The summed E-state index contributed by atoms with van der Waals surface area (Å²) in [5.41, 5.74) is 0.835. The van der Waals surface area contributed by atoms with Gasteiger partial charge in [0.1, 0.15) is 0 Å². The van der Waals surface area contributed by atoms with Gasteiger partial charge < -0.3 is 14.7 Å². The molecule has 0 aromatic carbocycles. The first kappa shape index (κ1) is 15.2. The van der Waals surface area contributed by atoms with Crippen molar-refractivity contribution in [2.75, 3.05) is 26.3 Å². The smallest absolute Gasteiger partial charge is 0.246 e. The first-order chi connectivity index (χ1) is 9.69. The molecule has 110 valence electrons. The van der Waals surface area contributed by atoms with Crippen LogP contribution in [0.2, 0.25) is 0 Å². The van der Waals surface area contributed by atoms with Crippen LogP contribution in [0.15, 0.2) is 11.5 Å². The number of nitrogens with zero attached hydrogens (tertiary/aromatic N) is 2. The number of hydrogen-bond donors (Lipinski definition) is 1. The summed E-state index contributed by atoms with van der Waals surface area (Å²) in [7, 11) is 0. The molecule has 2 rings (SSSR count). The Morgan fingerprint density at radius 2 is 2.35 bits per heavy atom. The Balaban J connectivity index is 1.78. The van der Waals surface area contributed by atoms with Crippen LogP contribution in [-0.4, -0.2) is 53.3 Å². The average molecular weight is 296 g/mol. The van der Waals surface area contributed by atoms with Crippen molar-refractivity contribution in [3.05, 3.63) is 22.2 Å².